The Labute approximate surface area is 261 Å². The Morgan fingerprint density at radius 3 is 2.24 bits per heavy atom. The summed E-state index contributed by atoms with van der Waals surface area (Å²) in [5.74, 6) is 2.32. The number of pyridine rings is 1. The predicted molar refractivity (Wildman–Crippen MR) is 163 cm³/mol. The van der Waals surface area contributed by atoms with Gasteiger partial charge in [-0.3, -0.25) is 0 Å². The quantitative estimate of drug-likeness (QED) is 0.251. The van der Waals surface area contributed by atoms with E-state index in [0.29, 0.717) is 26.2 Å². The van der Waals surface area contributed by atoms with E-state index < -0.39 is 30.2 Å². The predicted octanol–water partition coefficient (Wildman–Crippen LogP) is 5.19. The van der Waals surface area contributed by atoms with Crippen molar-refractivity contribution < 1.29 is 42.3 Å². The number of nitrogens with two attached hydrogens (primary N) is 2. The summed E-state index contributed by atoms with van der Waals surface area (Å²) in [6.45, 7) is 3.45. The number of aliphatic hydroxyl groups excluding tert-OH is 2. The number of nitrogen functional groups attached to an aromatic ring is 1. The highest BCUT2D eigenvalue weighted by molar-refractivity contribution is 5.41. The molecule has 5 rings (SSSR count). The van der Waals surface area contributed by atoms with E-state index in [1.807, 2.05) is 37.3 Å². The van der Waals surface area contributed by atoms with Gasteiger partial charge in [0.25, 0.3) is 0 Å². The lowest BCUT2D eigenvalue weighted by atomic mass is 9.94. The SMILES string of the molecule is Cc1cc(CCN)ccc1Oc1ccc(OC2CCC(OCC3OCCC(O)C3O)CC2)cc1.Nc1cccc(C(F)(F)F)n1. The molecule has 0 spiro atoms. The molecular weight excluding hydrogens is 591 g/mol. The maximum absolute atomic E-state index is 11.8. The Morgan fingerprint density at radius 1 is 0.933 bits per heavy atom. The first-order chi connectivity index (χ1) is 21.5. The zero-order chi connectivity index (χ0) is 32.4. The van der Waals surface area contributed by atoms with Crippen LogP contribution in [0.15, 0.2) is 60.7 Å². The summed E-state index contributed by atoms with van der Waals surface area (Å²) in [6.07, 6.45) is -1.23. The molecule has 3 aromatic rings. The van der Waals surface area contributed by atoms with E-state index in [9.17, 15) is 23.4 Å². The number of ether oxygens (including phenoxy) is 4. The van der Waals surface area contributed by atoms with Gasteiger partial charge < -0.3 is 40.6 Å². The molecule has 3 unspecified atom stereocenters. The second kappa shape index (κ2) is 16.2. The fraction of sp³-hybridized carbons (Fsp3) is 0.485. The number of aromatic nitrogens is 1. The van der Waals surface area contributed by atoms with Crippen molar-refractivity contribution in [3.63, 3.8) is 0 Å². The van der Waals surface area contributed by atoms with Crippen molar-refractivity contribution in [1.29, 1.82) is 0 Å². The highest BCUT2D eigenvalue weighted by Crippen LogP contribution is 2.30. The van der Waals surface area contributed by atoms with Crippen molar-refractivity contribution in [2.75, 3.05) is 25.5 Å². The number of hydrogen-bond donors (Lipinski definition) is 4. The van der Waals surface area contributed by atoms with Crippen molar-refractivity contribution in [2.45, 2.75) is 82.1 Å². The van der Waals surface area contributed by atoms with Gasteiger partial charge in [0.2, 0.25) is 0 Å². The molecule has 3 atom stereocenters. The highest BCUT2D eigenvalue weighted by Gasteiger charge is 2.33. The van der Waals surface area contributed by atoms with Crippen LogP contribution >= 0.6 is 0 Å². The number of anilines is 1. The number of halogens is 3. The first-order valence-corrected chi connectivity index (χ1v) is 15.1. The fourth-order valence-electron chi connectivity index (χ4n) is 5.21. The van der Waals surface area contributed by atoms with Crippen LogP contribution in [0.4, 0.5) is 19.0 Å². The molecule has 1 aliphatic carbocycles. The molecule has 2 aliphatic rings. The van der Waals surface area contributed by atoms with Crippen molar-refractivity contribution in [1.82, 2.24) is 4.98 Å². The van der Waals surface area contributed by atoms with Gasteiger partial charge in [-0.1, -0.05) is 18.2 Å². The topological polar surface area (TPSA) is 142 Å². The number of aryl methyl sites for hydroxylation is 1. The third-order valence-corrected chi connectivity index (χ3v) is 7.73. The zero-order valence-electron chi connectivity index (χ0n) is 25.3. The smallest absolute Gasteiger partial charge is 0.433 e. The van der Waals surface area contributed by atoms with E-state index in [0.717, 1.165) is 61.0 Å². The summed E-state index contributed by atoms with van der Waals surface area (Å²) < 4.78 is 59.3. The molecule has 246 valence electrons. The summed E-state index contributed by atoms with van der Waals surface area (Å²) in [5, 5.41) is 19.8. The van der Waals surface area contributed by atoms with Crippen LogP contribution in [0.2, 0.25) is 0 Å². The molecule has 0 radical (unpaired) electrons. The zero-order valence-corrected chi connectivity index (χ0v) is 25.3. The number of benzene rings is 2. The van der Waals surface area contributed by atoms with Gasteiger partial charge in [-0.25, -0.2) is 4.98 Å². The van der Waals surface area contributed by atoms with Gasteiger partial charge in [-0.05, 0) is 106 Å². The van der Waals surface area contributed by atoms with E-state index in [1.165, 1.54) is 17.7 Å². The summed E-state index contributed by atoms with van der Waals surface area (Å²) >= 11 is 0. The second-order valence-electron chi connectivity index (χ2n) is 11.3. The maximum atomic E-state index is 11.8. The Bertz CT molecular complexity index is 1340. The average Bonchev–Trinajstić information content (AvgIpc) is 3.01. The lowest BCUT2D eigenvalue weighted by Crippen LogP contribution is -2.47. The lowest BCUT2D eigenvalue weighted by molar-refractivity contribution is -0.164. The molecule has 2 aromatic carbocycles. The van der Waals surface area contributed by atoms with Crippen LogP contribution in [0.1, 0.15) is 48.9 Å². The number of aliphatic hydroxyl groups is 2. The largest absolute Gasteiger partial charge is 0.490 e. The van der Waals surface area contributed by atoms with Crippen LogP contribution in [0.25, 0.3) is 0 Å². The molecule has 6 N–H and O–H groups in total. The molecule has 12 heteroatoms. The van der Waals surface area contributed by atoms with Gasteiger partial charge in [0, 0.05) is 6.61 Å². The standard InChI is InChI=1S/C27H37NO6.C6H5F3N2/c1-18-16-19(12-14-28)2-11-25(18)34-23-9-7-22(8-10-23)33-21-5-3-20(4-6-21)32-17-26-27(30)24(29)13-15-31-26;7-6(8,9)4-2-1-3-5(10)11-4/h2,7-11,16,20-21,24,26-27,29-30H,3-6,12-15,17,28H2,1H3;1-3H,(H2,10,11). The minimum absolute atomic E-state index is 0.125. The van der Waals surface area contributed by atoms with Crippen LogP contribution in [-0.4, -0.2) is 65.5 Å². The Balaban J connectivity index is 0.000000354. The van der Waals surface area contributed by atoms with Crippen LogP contribution in [0, 0.1) is 6.92 Å². The molecule has 1 aliphatic heterocycles. The van der Waals surface area contributed by atoms with Crippen molar-refractivity contribution in [3.05, 3.63) is 77.5 Å². The minimum Gasteiger partial charge on any atom is -0.490 e. The molecule has 9 nitrogen and oxygen atoms in total. The van der Waals surface area contributed by atoms with Gasteiger partial charge in [0.1, 0.15) is 41.0 Å². The third kappa shape index (κ3) is 10.6. The fourth-order valence-corrected chi connectivity index (χ4v) is 5.21. The molecule has 1 aromatic heterocycles. The lowest BCUT2D eigenvalue weighted by Gasteiger charge is -2.34. The summed E-state index contributed by atoms with van der Waals surface area (Å²) in [7, 11) is 0. The number of hydrogen-bond acceptors (Lipinski definition) is 9. The van der Waals surface area contributed by atoms with Gasteiger partial charge in [-0.15, -0.1) is 0 Å². The summed E-state index contributed by atoms with van der Waals surface area (Å²) in [4.78, 5) is 3.10. The molecular formula is C33H42F3N3O6. The van der Waals surface area contributed by atoms with Gasteiger partial charge in [0.15, 0.2) is 0 Å². The first-order valence-electron chi connectivity index (χ1n) is 15.1. The first kappa shape index (κ1) is 34.5. The van der Waals surface area contributed by atoms with E-state index in [4.69, 9.17) is 30.4 Å². The maximum Gasteiger partial charge on any atom is 0.433 e. The number of alkyl halides is 3. The van der Waals surface area contributed by atoms with Crippen molar-refractivity contribution in [2.24, 2.45) is 5.73 Å². The molecule has 2 fully saturated rings. The minimum atomic E-state index is -4.41. The van der Waals surface area contributed by atoms with E-state index in [2.05, 4.69) is 17.1 Å². The van der Waals surface area contributed by atoms with Crippen molar-refractivity contribution in [3.8, 4) is 17.2 Å². The third-order valence-electron chi connectivity index (χ3n) is 7.73. The molecule has 1 saturated carbocycles. The highest BCUT2D eigenvalue weighted by atomic mass is 19.4. The van der Waals surface area contributed by atoms with Gasteiger partial charge >= 0.3 is 6.18 Å². The van der Waals surface area contributed by atoms with Gasteiger partial charge in [0.05, 0.1) is 24.9 Å². The van der Waals surface area contributed by atoms with E-state index in [1.54, 1.807) is 0 Å². The van der Waals surface area contributed by atoms with Crippen LogP contribution < -0.4 is 20.9 Å². The summed E-state index contributed by atoms with van der Waals surface area (Å²) in [6, 6.07) is 17.3. The molecule has 2 heterocycles. The molecule has 0 bridgehead atoms. The summed E-state index contributed by atoms with van der Waals surface area (Å²) in [5.41, 5.74) is 12.0. The van der Waals surface area contributed by atoms with Crippen LogP contribution in [-0.2, 0) is 22.1 Å². The Morgan fingerprint density at radius 2 is 1.62 bits per heavy atom. The second-order valence-corrected chi connectivity index (χ2v) is 11.3. The molecule has 45 heavy (non-hydrogen) atoms. The molecule has 0 amide bonds. The van der Waals surface area contributed by atoms with Crippen molar-refractivity contribution >= 4 is 5.82 Å². The Hall–Kier alpha value is -3.42. The number of nitrogens with zero attached hydrogens (tertiary/aromatic N) is 1. The normalized spacial score (nSPS) is 23.5. The van der Waals surface area contributed by atoms with Gasteiger partial charge in [-0.2, -0.15) is 13.2 Å². The molecule has 1 saturated heterocycles. The number of rotatable bonds is 9. The van der Waals surface area contributed by atoms with E-state index >= 15 is 0 Å². The van der Waals surface area contributed by atoms with Crippen LogP contribution in [0.3, 0.4) is 0 Å². The Kier molecular flexibility index (Phi) is 12.4. The van der Waals surface area contributed by atoms with Crippen LogP contribution in [0.5, 0.6) is 17.2 Å². The average molecular weight is 634 g/mol. The van der Waals surface area contributed by atoms with E-state index in [-0.39, 0.29) is 18.0 Å². The monoisotopic (exact) mass is 633 g/mol.